The van der Waals surface area contributed by atoms with E-state index in [4.69, 9.17) is 9.72 Å². The number of nitrogens with one attached hydrogen (secondary N) is 1. The van der Waals surface area contributed by atoms with E-state index < -0.39 is 9.84 Å². The number of aryl methyl sites for hydroxylation is 2. The SMILES string of the molecule is Cc1cc(-c2cnc3[nH]cc(-c4ccc(S(C)(=O)=O)cc4)c3c2)cc(C)c1N1CCN(C2CCOCC2)CC1. The van der Waals surface area contributed by atoms with Crippen molar-refractivity contribution >= 4 is 26.6 Å². The summed E-state index contributed by atoms with van der Waals surface area (Å²) < 4.78 is 29.3. The molecule has 8 heteroatoms. The van der Waals surface area contributed by atoms with Gasteiger partial charge < -0.3 is 14.6 Å². The zero-order valence-electron chi connectivity index (χ0n) is 22.9. The molecule has 0 bridgehead atoms. The zero-order valence-corrected chi connectivity index (χ0v) is 23.7. The van der Waals surface area contributed by atoms with Crippen molar-refractivity contribution in [1.29, 1.82) is 0 Å². The number of benzene rings is 2. The Morgan fingerprint density at radius 3 is 2.21 bits per heavy atom. The largest absolute Gasteiger partial charge is 0.381 e. The first-order valence-corrected chi connectivity index (χ1v) is 15.6. The van der Waals surface area contributed by atoms with Gasteiger partial charge in [0.05, 0.1) is 4.90 Å². The van der Waals surface area contributed by atoms with E-state index in [1.807, 2.05) is 24.5 Å². The standard InChI is InChI=1S/C31H36N4O3S/c1-21-16-24(17-22(2)30(21)35-12-10-34(11-13-35)26-8-14-38-15-9-26)25-18-28-29(20-33-31(28)32-19-25)23-4-6-27(7-5-23)39(3,36)37/h4-7,16-20,26H,8-15H2,1-3H3,(H,32,33). The summed E-state index contributed by atoms with van der Waals surface area (Å²) in [5.74, 6) is 0. The molecule has 6 rings (SSSR count). The highest BCUT2D eigenvalue weighted by Crippen LogP contribution is 2.35. The van der Waals surface area contributed by atoms with Gasteiger partial charge in [-0.2, -0.15) is 0 Å². The molecule has 2 aliphatic rings. The van der Waals surface area contributed by atoms with Gasteiger partial charge in [0.25, 0.3) is 0 Å². The van der Waals surface area contributed by atoms with Crippen molar-refractivity contribution in [2.24, 2.45) is 0 Å². The molecule has 4 aromatic rings. The van der Waals surface area contributed by atoms with Gasteiger partial charge in [-0.25, -0.2) is 13.4 Å². The Balaban J connectivity index is 1.25. The van der Waals surface area contributed by atoms with Gasteiger partial charge in [-0.05, 0) is 79.3 Å². The Bertz CT molecular complexity index is 1570. The lowest BCUT2D eigenvalue weighted by molar-refractivity contribution is 0.0321. The molecule has 2 saturated heterocycles. The molecule has 0 atom stereocenters. The van der Waals surface area contributed by atoms with Crippen molar-refractivity contribution < 1.29 is 13.2 Å². The molecule has 7 nitrogen and oxygen atoms in total. The fourth-order valence-corrected chi connectivity index (χ4v) is 6.89. The van der Waals surface area contributed by atoms with Crippen molar-refractivity contribution in [2.75, 3.05) is 50.5 Å². The third kappa shape index (κ3) is 5.21. The smallest absolute Gasteiger partial charge is 0.175 e. The molecule has 204 valence electrons. The van der Waals surface area contributed by atoms with Gasteiger partial charge in [0.2, 0.25) is 0 Å². The van der Waals surface area contributed by atoms with Crippen LogP contribution in [-0.4, -0.2) is 75.0 Å². The number of rotatable bonds is 5. The van der Waals surface area contributed by atoms with Crippen molar-refractivity contribution in [3.05, 3.63) is 66.0 Å². The fourth-order valence-electron chi connectivity index (χ4n) is 6.26. The van der Waals surface area contributed by atoms with E-state index in [1.165, 1.54) is 23.1 Å². The molecule has 0 unspecified atom stereocenters. The number of pyridine rings is 1. The summed E-state index contributed by atoms with van der Waals surface area (Å²) in [7, 11) is -3.23. The van der Waals surface area contributed by atoms with Crippen molar-refractivity contribution in [3.8, 4) is 22.3 Å². The normalized spacial score (nSPS) is 17.7. The molecule has 2 fully saturated rings. The molecule has 1 N–H and O–H groups in total. The van der Waals surface area contributed by atoms with E-state index >= 15 is 0 Å². The minimum Gasteiger partial charge on any atom is -0.381 e. The van der Waals surface area contributed by atoms with Gasteiger partial charge in [-0.3, -0.25) is 4.90 Å². The maximum Gasteiger partial charge on any atom is 0.175 e. The maximum absolute atomic E-state index is 11.9. The van der Waals surface area contributed by atoms with Gasteiger partial charge in [-0.15, -0.1) is 0 Å². The van der Waals surface area contributed by atoms with Crippen LogP contribution in [0.25, 0.3) is 33.3 Å². The average molecular weight is 545 g/mol. The Morgan fingerprint density at radius 1 is 0.897 bits per heavy atom. The second-order valence-electron chi connectivity index (χ2n) is 10.9. The van der Waals surface area contributed by atoms with E-state index in [-0.39, 0.29) is 0 Å². The number of aromatic nitrogens is 2. The first-order valence-electron chi connectivity index (χ1n) is 13.7. The first kappa shape index (κ1) is 26.0. The van der Waals surface area contributed by atoms with Crippen LogP contribution < -0.4 is 4.90 Å². The zero-order chi connectivity index (χ0) is 27.1. The van der Waals surface area contributed by atoms with Gasteiger partial charge >= 0.3 is 0 Å². The lowest BCUT2D eigenvalue weighted by atomic mass is 9.97. The fraction of sp³-hybridized carbons (Fsp3) is 0.387. The molecule has 4 heterocycles. The summed E-state index contributed by atoms with van der Waals surface area (Å²) in [6.45, 7) is 10.5. The molecule has 0 radical (unpaired) electrons. The van der Waals surface area contributed by atoms with E-state index in [9.17, 15) is 8.42 Å². The lowest BCUT2D eigenvalue weighted by Crippen LogP contribution is -2.52. The van der Waals surface area contributed by atoms with Crippen molar-refractivity contribution in [3.63, 3.8) is 0 Å². The first-order chi connectivity index (χ1) is 18.8. The number of nitrogens with zero attached hydrogens (tertiary/aromatic N) is 3. The van der Waals surface area contributed by atoms with Crippen LogP contribution >= 0.6 is 0 Å². The molecular formula is C31H36N4O3S. The number of ether oxygens (including phenoxy) is 1. The van der Waals surface area contributed by atoms with E-state index in [0.717, 1.165) is 85.5 Å². The molecule has 0 spiro atoms. The predicted molar refractivity (Wildman–Crippen MR) is 157 cm³/mol. The summed E-state index contributed by atoms with van der Waals surface area (Å²) >= 11 is 0. The summed E-state index contributed by atoms with van der Waals surface area (Å²) in [5.41, 5.74) is 8.93. The van der Waals surface area contributed by atoms with Crippen LogP contribution in [0.2, 0.25) is 0 Å². The second kappa shape index (κ2) is 10.4. The van der Waals surface area contributed by atoms with Gasteiger partial charge in [0.1, 0.15) is 5.65 Å². The number of hydrogen-bond acceptors (Lipinski definition) is 6. The highest BCUT2D eigenvalue weighted by atomic mass is 32.2. The monoisotopic (exact) mass is 544 g/mol. The highest BCUT2D eigenvalue weighted by molar-refractivity contribution is 7.90. The lowest BCUT2D eigenvalue weighted by Gasteiger charge is -2.42. The van der Waals surface area contributed by atoms with Crippen LogP contribution in [0.3, 0.4) is 0 Å². The molecule has 39 heavy (non-hydrogen) atoms. The van der Waals surface area contributed by atoms with Crippen LogP contribution in [0.1, 0.15) is 24.0 Å². The Hall–Kier alpha value is -3.20. The third-order valence-corrected chi connectivity index (χ3v) is 9.42. The molecule has 2 aromatic carbocycles. The predicted octanol–water partition coefficient (Wildman–Crippen LogP) is 5.22. The summed E-state index contributed by atoms with van der Waals surface area (Å²) in [6.07, 6.45) is 7.40. The third-order valence-electron chi connectivity index (χ3n) is 8.29. The Morgan fingerprint density at radius 2 is 1.56 bits per heavy atom. The Kier molecular flexibility index (Phi) is 6.95. The van der Waals surface area contributed by atoms with Crippen LogP contribution in [0.5, 0.6) is 0 Å². The van der Waals surface area contributed by atoms with Crippen LogP contribution in [0.4, 0.5) is 5.69 Å². The van der Waals surface area contributed by atoms with Gasteiger partial charge in [0, 0.05) is 86.3 Å². The number of piperazine rings is 1. The minimum atomic E-state index is -3.23. The molecule has 2 aliphatic heterocycles. The maximum atomic E-state index is 11.9. The van der Waals surface area contributed by atoms with Crippen molar-refractivity contribution in [1.82, 2.24) is 14.9 Å². The molecule has 0 saturated carbocycles. The summed E-state index contributed by atoms with van der Waals surface area (Å²) in [4.78, 5) is 13.5. The number of aromatic amines is 1. The van der Waals surface area contributed by atoms with E-state index in [1.54, 1.807) is 12.1 Å². The Labute approximate surface area is 230 Å². The minimum absolute atomic E-state index is 0.320. The van der Waals surface area contributed by atoms with Crippen LogP contribution in [-0.2, 0) is 14.6 Å². The number of fused-ring (bicyclic) bond motifs is 1. The summed E-state index contributed by atoms with van der Waals surface area (Å²) in [5, 5.41) is 1.02. The van der Waals surface area contributed by atoms with Crippen LogP contribution in [0.15, 0.2) is 59.8 Å². The topological polar surface area (TPSA) is 78.5 Å². The van der Waals surface area contributed by atoms with E-state index in [2.05, 4.69) is 46.8 Å². The molecular weight excluding hydrogens is 508 g/mol. The number of anilines is 1. The van der Waals surface area contributed by atoms with E-state index in [0.29, 0.717) is 10.9 Å². The van der Waals surface area contributed by atoms with Gasteiger partial charge in [-0.1, -0.05) is 12.1 Å². The summed E-state index contributed by atoms with van der Waals surface area (Å²) in [6, 6.07) is 14.5. The highest BCUT2D eigenvalue weighted by Gasteiger charge is 2.26. The number of H-pyrrole nitrogens is 1. The molecule has 0 amide bonds. The average Bonchev–Trinajstić information content (AvgIpc) is 3.36. The number of sulfone groups is 1. The number of hydrogen-bond donors (Lipinski definition) is 1. The van der Waals surface area contributed by atoms with Crippen LogP contribution in [0, 0.1) is 13.8 Å². The van der Waals surface area contributed by atoms with Crippen molar-refractivity contribution in [2.45, 2.75) is 37.6 Å². The molecule has 2 aromatic heterocycles. The molecule has 0 aliphatic carbocycles. The second-order valence-corrected chi connectivity index (χ2v) is 13.0. The van der Waals surface area contributed by atoms with Gasteiger partial charge in [0.15, 0.2) is 9.84 Å². The quantitative estimate of drug-likeness (QED) is 0.371.